The Morgan fingerprint density at radius 3 is 2.18 bits per heavy atom. The second kappa shape index (κ2) is 7.25. The lowest BCUT2D eigenvalue weighted by Crippen LogP contribution is -2.47. The van der Waals surface area contributed by atoms with E-state index in [-0.39, 0.29) is 12.5 Å². The molecule has 0 amide bonds. The van der Waals surface area contributed by atoms with Crippen LogP contribution in [0.3, 0.4) is 0 Å². The van der Waals surface area contributed by atoms with Crippen LogP contribution in [0.2, 0.25) is 0 Å². The fourth-order valence-electron chi connectivity index (χ4n) is 1.97. The SMILES string of the molecule is OC[C@@H](O)[C@H](O)[C@@H](O)C(O)CC1CCCCO1. The van der Waals surface area contributed by atoms with Crippen LogP contribution in [0.15, 0.2) is 0 Å². The molecule has 5 atom stereocenters. The second-order valence-corrected chi connectivity index (χ2v) is 4.52. The summed E-state index contributed by atoms with van der Waals surface area (Å²) in [5.74, 6) is 0. The maximum absolute atomic E-state index is 9.70. The van der Waals surface area contributed by atoms with Crippen LogP contribution in [-0.4, -0.2) is 69.3 Å². The van der Waals surface area contributed by atoms with Crippen molar-refractivity contribution < 1.29 is 30.3 Å². The number of aliphatic hydroxyl groups is 5. The molecular formula is C11H22O6. The third kappa shape index (κ3) is 4.50. The highest BCUT2D eigenvalue weighted by Crippen LogP contribution is 2.19. The molecule has 0 spiro atoms. The zero-order valence-corrected chi connectivity index (χ0v) is 9.77. The minimum atomic E-state index is -1.56. The molecule has 1 aliphatic heterocycles. The molecule has 1 heterocycles. The van der Waals surface area contributed by atoms with E-state index < -0.39 is 31.0 Å². The minimum Gasteiger partial charge on any atom is -0.394 e. The summed E-state index contributed by atoms with van der Waals surface area (Å²) in [5, 5.41) is 46.5. The molecule has 1 rings (SSSR count). The summed E-state index contributed by atoms with van der Waals surface area (Å²) < 4.78 is 5.40. The van der Waals surface area contributed by atoms with Crippen LogP contribution in [0.4, 0.5) is 0 Å². The maximum atomic E-state index is 9.70. The molecule has 2 unspecified atom stereocenters. The van der Waals surface area contributed by atoms with E-state index in [9.17, 15) is 15.3 Å². The quantitative estimate of drug-likeness (QED) is 0.387. The van der Waals surface area contributed by atoms with E-state index in [0.29, 0.717) is 6.61 Å². The summed E-state index contributed by atoms with van der Waals surface area (Å²) in [5.41, 5.74) is 0. The number of hydrogen-bond acceptors (Lipinski definition) is 6. The first-order chi connectivity index (χ1) is 8.06. The zero-order chi connectivity index (χ0) is 12.8. The van der Waals surface area contributed by atoms with Crippen molar-refractivity contribution in [3.8, 4) is 0 Å². The van der Waals surface area contributed by atoms with Crippen molar-refractivity contribution in [3.63, 3.8) is 0 Å². The Morgan fingerprint density at radius 1 is 1.00 bits per heavy atom. The van der Waals surface area contributed by atoms with Crippen molar-refractivity contribution in [2.24, 2.45) is 0 Å². The van der Waals surface area contributed by atoms with Gasteiger partial charge in [-0.05, 0) is 19.3 Å². The highest BCUT2D eigenvalue weighted by Gasteiger charge is 2.31. The van der Waals surface area contributed by atoms with Gasteiger partial charge in [0.25, 0.3) is 0 Å². The lowest BCUT2D eigenvalue weighted by Gasteiger charge is -2.29. The van der Waals surface area contributed by atoms with E-state index >= 15 is 0 Å². The van der Waals surface area contributed by atoms with Crippen LogP contribution in [0.25, 0.3) is 0 Å². The third-order valence-electron chi connectivity index (χ3n) is 3.10. The maximum Gasteiger partial charge on any atom is 0.110 e. The van der Waals surface area contributed by atoms with Gasteiger partial charge in [0.05, 0.1) is 18.8 Å². The fraction of sp³-hybridized carbons (Fsp3) is 1.00. The van der Waals surface area contributed by atoms with Gasteiger partial charge in [0.2, 0.25) is 0 Å². The molecule has 1 aliphatic rings. The monoisotopic (exact) mass is 250 g/mol. The van der Waals surface area contributed by atoms with Gasteiger partial charge in [0, 0.05) is 13.0 Å². The molecule has 0 bridgehead atoms. The third-order valence-corrected chi connectivity index (χ3v) is 3.10. The van der Waals surface area contributed by atoms with Crippen LogP contribution in [0.5, 0.6) is 0 Å². The number of rotatable bonds is 6. The topological polar surface area (TPSA) is 110 Å². The van der Waals surface area contributed by atoms with E-state index in [4.69, 9.17) is 14.9 Å². The van der Waals surface area contributed by atoms with E-state index in [1.54, 1.807) is 0 Å². The van der Waals surface area contributed by atoms with E-state index in [1.165, 1.54) is 0 Å². The molecule has 0 aromatic rings. The Labute approximate surface area is 100 Å². The van der Waals surface area contributed by atoms with Gasteiger partial charge in [-0.1, -0.05) is 0 Å². The minimum absolute atomic E-state index is 0.119. The second-order valence-electron chi connectivity index (χ2n) is 4.52. The Bertz CT molecular complexity index is 206. The van der Waals surface area contributed by atoms with Gasteiger partial charge in [0.15, 0.2) is 0 Å². The average molecular weight is 250 g/mol. The molecule has 17 heavy (non-hydrogen) atoms. The summed E-state index contributed by atoms with van der Waals surface area (Å²) in [6.45, 7) is -0.0137. The number of ether oxygens (including phenoxy) is 1. The summed E-state index contributed by atoms with van der Waals surface area (Å²) >= 11 is 0. The molecule has 1 saturated heterocycles. The summed E-state index contributed by atoms with van der Waals surface area (Å²) in [6, 6.07) is 0. The molecular weight excluding hydrogens is 228 g/mol. The first-order valence-corrected chi connectivity index (χ1v) is 6.01. The van der Waals surface area contributed by atoms with Crippen molar-refractivity contribution in [2.45, 2.75) is 56.2 Å². The van der Waals surface area contributed by atoms with Crippen LogP contribution in [0, 0.1) is 0 Å². The van der Waals surface area contributed by atoms with Crippen LogP contribution >= 0.6 is 0 Å². The lowest BCUT2D eigenvalue weighted by molar-refractivity contribution is -0.127. The smallest absolute Gasteiger partial charge is 0.110 e. The van der Waals surface area contributed by atoms with Gasteiger partial charge in [0.1, 0.15) is 18.3 Å². The average Bonchev–Trinajstić information content (AvgIpc) is 2.37. The molecule has 6 nitrogen and oxygen atoms in total. The van der Waals surface area contributed by atoms with Crippen molar-refractivity contribution in [2.75, 3.05) is 13.2 Å². The van der Waals surface area contributed by atoms with E-state index in [1.807, 2.05) is 0 Å². The predicted molar refractivity (Wildman–Crippen MR) is 59.3 cm³/mol. The van der Waals surface area contributed by atoms with Gasteiger partial charge in [-0.2, -0.15) is 0 Å². The van der Waals surface area contributed by atoms with Gasteiger partial charge in [-0.15, -0.1) is 0 Å². The first-order valence-electron chi connectivity index (χ1n) is 6.01. The van der Waals surface area contributed by atoms with Crippen molar-refractivity contribution in [1.82, 2.24) is 0 Å². The highest BCUT2D eigenvalue weighted by molar-refractivity contribution is 4.82. The van der Waals surface area contributed by atoms with Crippen molar-refractivity contribution in [1.29, 1.82) is 0 Å². The van der Waals surface area contributed by atoms with Crippen LogP contribution in [-0.2, 0) is 4.74 Å². The number of hydrogen-bond donors (Lipinski definition) is 5. The van der Waals surface area contributed by atoms with Gasteiger partial charge in [-0.25, -0.2) is 0 Å². The van der Waals surface area contributed by atoms with Gasteiger partial charge in [-0.3, -0.25) is 0 Å². The first kappa shape index (κ1) is 14.8. The molecule has 5 N–H and O–H groups in total. The zero-order valence-electron chi connectivity index (χ0n) is 9.77. The van der Waals surface area contributed by atoms with Gasteiger partial charge >= 0.3 is 0 Å². The van der Waals surface area contributed by atoms with E-state index in [0.717, 1.165) is 19.3 Å². The van der Waals surface area contributed by atoms with Crippen LogP contribution in [0.1, 0.15) is 25.7 Å². The summed E-state index contributed by atoms with van der Waals surface area (Å²) in [6.07, 6.45) is -2.72. The molecule has 0 aromatic heterocycles. The molecule has 102 valence electrons. The molecule has 1 fully saturated rings. The van der Waals surface area contributed by atoms with Crippen molar-refractivity contribution in [3.05, 3.63) is 0 Å². The Morgan fingerprint density at radius 2 is 1.65 bits per heavy atom. The van der Waals surface area contributed by atoms with Crippen molar-refractivity contribution >= 4 is 0 Å². The lowest BCUT2D eigenvalue weighted by atomic mass is 9.96. The van der Waals surface area contributed by atoms with Crippen LogP contribution < -0.4 is 0 Å². The normalized spacial score (nSPS) is 28.4. The predicted octanol–water partition coefficient (Wildman–Crippen LogP) is -1.62. The highest BCUT2D eigenvalue weighted by atomic mass is 16.5. The van der Waals surface area contributed by atoms with E-state index in [2.05, 4.69) is 0 Å². The Balaban J connectivity index is 2.37. The van der Waals surface area contributed by atoms with Gasteiger partial charge < -0.3 is 30.3 Å². The fourth-order valence-corrected chi connectivity index (χ4v) is 1.97. The Kier molecular flexibility index (Phi) is 6.32. The Hall–Kier alpha value is -0.240. The summed E-state index contributed by atoms with van der Waals surface area (Å²) in [4.78, 5) is 0. The largest absolute Gasteiger partial charge is 0.394 e. The number of aliphatic hydroxyl groups excluding tert-OH is 5. The molecule has 0 saturated carbocycles. The molecule has 0 aliphatic carbocycles. The molecule has 0 aromatic carbocycles. The summed E-state index contributed by atoms with van der Waals surface area (Å²) in [7, 11) is 0. The standard InChI is InChI=1S/C11H22O6/c12-6-9(14)11(16)10(15)8(13)5-7-3-1-2-4-17-7/h7-16H,1-6H2/t7?,8?,9-,10+,11+/m1/s1. The molecule has 0 radical (unpaired) electrons. The molecule has 6 heteroatoms.